The predicted octanol–water partition coefficient (Wildman–Crippen LogP) is 1.74. The first-order valence-electron chi connectivity index (χ1n) is 6.91. The third kappa shape index (κ3) is 2.52. The molecule has 2 aliphatic rings. The van der Waals surface area contributed by atoms with Gasteiger partial charge in [0.25, 0.3) is 0 Å². The normalized spacial score (nSPS) is 31.4. The first-order valence-corrected chi connectivity index (χ1v) is 6.91. The summed E-state index contributed by atoms with van der Waals surface area (Å²) >= 11 is 0. The zero-order valence-corrected chi connectivity index (χ0v) is 11.4. The van der Waals surface area contributed by atoms with E-state index in [-0.39, 0.29) is 23.7 Å². The largest absolute Gasteiger partial charge is 0.467 e. The van der Waals surface area contributed by atoms with Gasteiger partial charge in [0.1, 0.15) is 6.04 Å². The molecule has 4 atom stereocenters. The van der Waals surface area contributed by atoms with Crippen LogP contribution in [0.4, 0.5) is 0 Å². The molecule has 0 heterocycles. The van der Waals surface area contributed by atoms with Crippen molar-refractivity contribution in [1.29, 1.82) is 0 Å². The molecule has 1 amide bonds. The lowest BCUT2D eigenvalue weighted by atomic mass is 9.87. The van der Waals surface area contributed by atoms with Crippen LogP contribution in [-0.4, -0.2) is 25.0 Å². The number of esters is 1. The summed E-state index contributed by atoms with van der Waals surface area (Å²) in [5, 5.41) is 2.88. The maximum atomic E-state index is 12.3. The van der Waals surface area contributed by atoms with Gasteiger partial charge in [0, 0.05) is 5.92 Å². The van der Waals surface area contributed by atoms with Gasteiger partial charge in [-0.05, 0) is 37.0 Å². The number of methoxy groups -OCH3 is 1. The molecular formula is C14H23NO3. The molecule has 3 unspecified atom stereocenters. The van der Waals surface area contributed by atoms with Gasteiger partial charge in [0.05, 0.1) is 7.11 Å². The molecule has 0 saturated heterocycles. The molecule has 2 aliphatic carbocycles. The Morgan fingerprint density at radius 2 is 1.94 bits per heavy atom. The highest BCUT2D eigenvalue weighted by atomic mass is 16.5. The van der Waals surface area contributed by atoms with Crippen LogP contribution in [0, 0.1) is 23.7 Å². The fraction of sp³-hybridized carbons (Fsp3) is 0.857. The number of carbonyl (C=O) groups excluding carboxylic acids is 2. The lowest BCUT2D eigenvalue weighted by Crippen LogP contribution is -2.48. The Labute approximate surface area is 108 Å². The molecule has 0 aromatic carbocycles. The first kappa shape index (κ1) is 13.4. The maximum Gasteiger partial charge on any atom is 0.328 e. The number of nitrogens with one attached hydrogen (secondary N) is 1. The molecule has 0 spiro atoms. The van der Waals surface area contributed by atoms with Crippen LogP contribution in [-0.2, 0) is 14.3 Å². The van der Waals surface area contributed by atoms with E-state index < -0.39 is 6.04 Å². The topological polar surface area (TPSA) is 55.4 Å². The van der Waals surface area contributed by atoms with Crippen LogP contribution in [0.5, 0.6) is 0 Å². The molecule has 0 aliphatic heterocycles. The molecule has 4 heteroatoms. The quantitative estimate of drug-likeness (QED) is 0.776. The second-order valence-corrected chi connectivity index (χ2v) is 6.03. The molecule has 4 nitrogen and oxygen atoms in total. The first-order chi connectivity index (χ1) is 8.52. The van der Waals surface area contributed by atoms with Crippen LogP contribution in [0.3, 0.4) is 0 Å². The Kier molecular flexibility index (Phi) is 3.93. The Morgan fingerprint density at radius 1 is 1.22 bits per heavy atom. The summed E-state index contributed by atoms with van der Waals surface area (Å²) in [6.45, 7) is 3.84. The van der Waals surface area contributed by atoms with Gasteiger partial charge < -0.3 is 10.1 Å². The zero-order valence-electron chi connectivity index (χ0n) is 11.4. The maximum absolute atomic E-state index is 12.3. The van der Waals surface area contributed by atoms with E-state index in [1.165, 1.54) is 26.4 Å². The molecule has 0 radical (unpaired) electrons. The highest BCUT2D eigenvalue weighted by molar-refractivity contribution is 5.86. The van der Waals surface area contributed by atoms with E-state index in [4.69, 9.17) is 4.74 Å². The van der Waals surface area contributed by atoms with E-state index >= 15 is 0 Å². The number of rotatable bonds is 4. The van der Waals surface area contributed by atoms with Crippen molar-refractivity contribution in [1.82, 2.24) is 5.32 Å². The Hall–Kier alpha value is -1.06. The number of amides is 1. The van der Waals surface area contributed by atoms with Gasteiger partial charge >= 0.3 is 5.97 Å². The number of fused-ring (bicyclic) bond motifs is 2. The van der Waals surface area contributed by atoms with Crippen molar-refractivity contribution in [3.05, 3.63) is 0 Å². The van der Waals surface area contributed by atoms with E-state index in [0.717, 1.165) is 12.3 Å². The van der Waals surface area contributed by atoms with Crippen LogP contribution in [0.1, 0.15) is 39.5 Å². The second-order valence-electron chi connectivity index (χ2n) is 6.03. The minimum Gasteiger partial charge on any atom is -0.467 e. The summed E-state index contributed by atoms with van der Waals surface area (Å²) in [7, 11) is 1.36. The van der Waals surface area contributed by atoms with Crippen molar-refractivity contribution >= 4 is 11.9 Å². The summed E-state index contributed by atoms with van der Waals surface area (Å²) in [5.41, 5.74) is 0. The minimum absolute atomic E-state index is 0.0475. The molecule has 0 aromatic rings. The highest BCUT2D eigenvalue weighted by Gasteiger charge is 2.43. The van der Waals surface area contributed by atoms with Gasteiger partial charge in [-0.2, -0.15) is 0 Å². The van der Waals surface area contributed by atoms with Gasteiger partial charge in [-0.25, -0.2) is 4.79 Å². The van der Waals surface area contributed by atoms with Crippen LogP contribution in [0.25, 0.3) is 0 Å². The van der Waals surface area contributed by atoms with Crippen molar-refractivity contribution in [2.45, 2.75) is 45.6 Å². The number of ether oxygens (including phenoxy) is 1. The average Bonchev–Trinajstić information content (AvgIpc) is 2.96. The Balaban J connectivity index is 1.95. The molecule has 2 rings (SSSR count). The fourth-order valence-electron chi connectivity index (χ4n) is 3.45. The number of hydrogen-bond donors (Lipinski definition) is 1. The fourth-order valence-corrected chi connectivity index (χ4v) is 3.45. The van der Waals surface area contributed by atoms with Crippen LogP contribution >= 0.6 is 0 Å². The molecule has 2 saturated carbocycles. The molecular weight excluding hydrogens is 230 g/mol. The van der Waals surface area contributed by atoms with E-state index in [1.807, 2.05) is 13.8 Å². The Morgan fingerprint density at radius 3 is 2.39 bits per heavy atom. The second kappa shape index (κ2) is 5.29. The molecule has 2 bridgehead atoms. The van der Waals surface area contributed by atoms with Gasteiger partial charge in [-0.3, -0.25) is 4.79 Å². The summed E-state index contributed by atoms with van der Waals surface area (Å²) in [6, 6.07) is -0.512. The lowest BCUT2D eigenvalue weighted by molar-refractivity contribution is -0.147. The van der Waals surface area contributed by atoms with Crippen molar-refractivity contribution in [3.8, 4) is 0 Å². The van der Waals surface area contributed by atoms with Gasteiger partial charge in [0.15, 0.2) is 0 Å². The van der Waals surface area contributed by atoms with Gasteiger partial charge in [-0.1, -0.05) is 20.3 Å². The summed E-state index contributed by atoms with van der Waals surface area (Å²) in [6.07, 6.45) is 4.65. The van der Waals surface area contributed by atoms with Crippen molar-refractivity contribution in [2.75, 3.05) is 7.11 Å². The smallest absolute Gasteiger partial charge is 0.328 e. The highest BCUT2D eigenvalue weighted by Crippen LogP contribution is 2.48. The summed E-state index contributed by atoms with van der Waals surface area (Å²) in [5.74, 6) is 1.16. The monoisotopic (exact) mass is 253 g/mol. The van der Waals surface area contributed by atoms with Gasteiger partial charge in [-0.15, -0.1) is 0 Å². The summed E-state index contributed by atoms with van der Waals surface area (Å²) in [4.78, 5) is 23.9. The van der Waals surface area contributed by atoms with Crippen molar-refractivity contribution in [2.24, 2.45) is 23.7 Å². The standard InChI is InChI=1S/C14H23NO3/c1-8(2)12(14(17)18-3)15-13(16)11-7-9-4-5-10(11)6-9/h8-12H,4-7H2,1-3H3,(H,15,16)/t9?,10?,11?,12-/m0/s1. The van der Waals surface area contributed by atoms with Crippen LogP contribution in [0.2, 0.25) is 0 Å². The lowest BCUT2D eigenvalue weighted by Gasteiger charge is -2.25. The zero-order chi connectivity index (χ0) is 13.3. The van der Waals surface area contributed by atoms with Crippen molar-refractivity contribution < 1.29 is 14.3 Å². The number of hydrogen-bond acceptors (Lipinski definition) is 3. The van der Waals surface area contributed by atoms with E-state index in [2.05, 4.69) is 5.32 Å². The van der Waals surface area contributed by atoms with E-state index in [1.54, 1.807) is 0 Å². The molecule has 102 valence electrons. The Bertz CT molecular complexity index is 340. The minimum atomic E-state index is -0.512. The molecule has 18 heavy (non-hydrogen) atoms. The molecule has 2 fully saturated rings. The third-order valence-electron chi connectivity index (χ3n) is 4.49. The predicted molar refractivity (Wildman–Crippen MR) is 67.7 cm³/mol. The van der Waals surface area contributed by atoms with Crippen LogP contribution in [0.15, 0.2) is 0 Å². The van der Waals surface area contributed by atoms with E-state index in [9.17, 15) is 9.59 Å². The van der Waals surface area contributed by atoms with E-state index in [0.29, 0.717) is 5.92 Å². The molecule has 1 N–H and O–H groups in total. The number of carbonyl (C=O) groups is 2. The third-order valence-corrected chi connectivity index (χ3v) is 4.49. The SMILES string of the molecule is COC(=O)[C@@H](NC(=O)C1CC2CCC1C2)C(C)C. The van der Waals surface area contributed by atoms with Crippen LogP contribution < -0.4 is 5.32 Å². The van der Waals surface area contributed by atoms with Gasteiger partial charge in [0.2, 0.25) is 5.91 Å². The average molecular weight is 253 g/mol. The van der Waals surface area contributed by atoms with Crippen molar-refractivity contribution in [3.63, 3.8) is 0 Å². The molecule has 0 aromatic heterocycles. The summed E-state index contributed by atoms with van der Waals surface area (Å²) < 4.78 is 4.75.